The van der Waals surface area contributed by atoms with Crippen LogP contribution in [0, 0.1) is 22.7 Å². The number of hydrogen-bond acceptors (Lipinski definition) is 5. The molecule has 21 heavy (non-hydrogen) atoms. The minimum absolute atomic E-state index is 0.199. The number of rotatable bonds is 1. The fourth-order valence-electron chi connectivity index (χ4n) is 2.72. The van der Waals surface area contributed by atoms with Crippen LogP contribution in [0.3, 0.4) is 0 Å². The Labute approximate surface area is 122 Å². The van der Waals surface area contributed by atoms with E-state index in [0.717, 1.165) is 17.0 Å². The molecule has 2 aliphatic heterocycles. The molecule has 0 aromatic heterocycles. The van der Waals surface area contributed by atoms with Gasteiger partial charge in [0.05, 0.1) is 29.2 Å². The summed E-state index contributed by atoms with van der Waals surface area (Å²) in [6.07, 6.45) is 0. The summed E-state index contributed by atoms with van der Waals surface area (Å²) in [6.45, 7) is 3.89. The van der Waals surface area contributed by atoms with Crippen LogP contribution in [0.25, 0.3) is 0 Å². The lowest BCUT2D eigenvalue weighted by Gasteiger charge is -2.26. The van der Waals surface area contributed by atoms with E-state index in [9.17, 15) is 10.5 Å². The lowest BCUT2D eigenvalue weighted by Crippen LogP contribution is -2.23. The molecule has 0 unspecified atom stereocenters. The van der Waals surface area contributed by atoms with Gasteiger partial charge in [0.25, 0.3) is 0 Å². The van der Waals surface area contributed by atoms with Crippen molar-refractivity contribution in [2.75, 3.05) is 6.79 Å². The number of nitrogens with zero attached hydrogens (tertiary/aromatic N) is 2. The summed E-state index contributed by atoms with van der Waals surface area (Å²) in [6, 6.07) is 9.96. The van der Waals surface area contributed by atoms with Crippen LogP contribution in [0.4, 0.5) is 0 Å². The molecule has 1 aromatic carbocycles. The van der Waals surface area contributed by atoms with Crippen LogP contribution in [0.15, 0.2) is 40.7 Å². The number of dihydropyridines is 1. The fourth-order valence-corrected chi connectivity index (χ4v) is 2.72. The van der Waals surface area contributed by atoms with E-state index < -0.39 is 0 Å². The van der Waals surface area contributed by atoms with Crippen molar-refractivity contribution in [3.05, 3.63) is 46.3 Å². The Balaban J connectivity index is 2.15. The Morgan fingerprint density at radius 2 is 1.67 bits per heavy atom. The molecule has 5 nitrogen and oxygen atoms in total. The molecule has 0 radical (unpaired) electrons. The van der Waals surface area contributed by atoms with E-state index in [1.807, 2.05) is 32.0 Å². The molecule has 5 heteroatoms. The second kappa shape index (κ2) is 4.88. The van der Waals surface area contributed by atoms with Crippen molar-refractivity contribution in [2.24, 2.45) is 0 Å². The Hall–Kier alpha value is -2.92. The van der Waals surface area contributed by atoms with Crippen LogP contribution >= 0.6 is 0 Å². The number of hydrogen-bond donors (Lipinski definition) is 1. The Kier molecular flexibility index (Phi) is 3.04. The first-order valence-electron chi connectivity index (χ1n) is 6.54. The molecule has 0 spiro atoms. The number of ether oxygens (including phenoxy) is 2. The van der Waals surface area contributed by atoms with E-state index in [4.69, 9.17) is 9.47 Å². The highest BCUT2D eigenvalue weighted by Crippen LogP contribution is 2.41. The maximum absolute atomic E-state index is 9.45. The van der Waals surface area contributed by atoms with Gasteiger partial charge >= 0.3 is 0 Å². The van der Waals surface area contributed by atoms with Gasteiger partial charge in [0.1, 0.15) is 0 Å². The molecule has 0 saturated carbocycles. The zero-order chi connectivity index (χ0) is 15.0. The van der Waals surface area contributed by atoms with Crippen LogP contribution in [-0.2, 0) is 0 Å². The van der Waals surface area contributed by atoms with E-state index >= 15 is 0 Å². The molecule has 0 atom stereocenters. The summed E-state index contributed by atoms with van der Waals surface area (Å²) in [5.41, 5.74) is 3.51. The zero-order valence-electron chi connectivity index (χ0n) is 11.7. The highest BCUT2D eigenvalue weighted by molar-refractivity contribution is 5.57. The summed E-state index contributed by atoms with van der Waals surface area (Å²) in [4.78, 5) is 0. The van der Waals surface area contributed by atoms with Crippen LogP contribution in [0.1, 0.15) is 25.3 Å². The van der Waals surface area contributed by atoms with E-state index in [1.165, 1.54) is 0 Å². The van der Waals surface area contributed by atoms with Crippen molar-refractivity contribution < 1.29 is 9.47 Å². The number of nitriles is 2. The lowest BCUT2D eigenvalue weighted by atomic mass is 9.81. The largest absolute Gasteiger partial charge is 0.454 e. The Morgan fingerprint density at radius 3 is 2.29 bits per heavy atom. The Morgan fingerprint density at radius 1 is 1.05 bits per heavy atom. The fraction of sp³-hybridized carbons (Fsp3) is 0.250. The number of fused-ring (bicyclic) bond motifs is 1. The third kappa shape index (κ3) is 2.00. The number of nitrogens with one attached hydrogen (secondary N) is 1. The SMILES string of the molecule is CC1=C(C#N)C(c2ccc3c(c2)OCO3)C(C#N)=C(C)N1. The highest BCUT2D eigenvalue weighted by Gasteiger charge is 2.30. The minimum atomic E-state index is -0.365. The third-order valence-electron chi connectivity index (χ3n) is 3.73. The van der Waals surface area contributed by atoms with Gasteiger partial charge < -0.3 is 14.8 Å². The van der Waals surface area contributed by atoms with Crippen molar-refractivity contribution in [3.63, 3.8) is 0 Å². The van der Waals surface area contributed by atoms with Gasteiger partial charge in [-0.25, -0.2) is 0 Å². The lowest BCUT2D eigenvalue weighted by molar-refractivity contribution is 0.174. The normalized spacial score (nSPS) is 17.3. The topological polar surface area (TPSA) is 78.1 Å². The molecule has 2 heterocycles. The van der Waals surface area contributed by atoms with Gasteiger partial charge in [-0.05, 0) is 31.5 Å². The van der Waals surface area contributed by atoms with E-state index in [1.54, 1.807) is 0 Å². The monoisotopic (exact) mass is 279 g/mol. The van der Waals surface area contributed by atoms with Crippen molar-refractivity contribution in [2.45, 2.75) is 19.8 Å². The maximum Gasteiger partial charge on any atom is 0.231 e. The van der Waals surface area contributed by atoms with Gasteiger partial charge in [-0.2, -0.15) is 10.5 Å². The van der Waals surface area contributed by atoms with Gasteiger partial charge in [0.2, 0.25) is 6.79 Å². The van der Waals surface area contributed by atoms with Gasteiger partial charge in [0, 0.05) is 11.4 Å². The first-order valence-corrected chi connectivity index (χ1v) is 6.54. The molecule has 2 aliphatic rings. The Bertz CT molecular complexity index is 727. The molecule has 0 amide bonds. The average molecular weight is 279 g/mol. The molecule has 1 aromatic rings. The van der Waals surface area contributed by atoms with Crippen molar-refractivity contribution >= 4 is 0 Å². The molecule has 0 fully saturated rings. The molecule has 0 bridgehead atoms. The predicted octanol–water partition coefficient (Wildman–Crippen LogP) is 2.70. The summed E-state index contributed by atoms with van der Waals surface area (Å²) in [5.74, 6) is 0.970. The summed E-state index contributed by atoms with van der Waals surface area (Å²) < 4.78 is 10.7. The van der Waals surface area contributed by atoms with Crippen LogP contribution in [-0.4, -0.2) is 6.79 Å². The number of benzene rings is 1. The van der Waals surface area contributed by atoms with E-state index in [2.05, 4.69) is 17.5 Å². The first kappa shape index (κ1) is 13.1. The van der Waals surface area contributed by atoms with E-state index in [0.29, 0.717) is 22.6 Å². The first-order chi connectivity index (χ1) is 10.2. The second-order valence-electron chi connectivity index (χ2n) is 4.97. The summed E-state index contributed by atoms with van der Waals surface area (Å²) in [5, 5.41) is 22.0. The van der Waals surface area contributed by atoms with Crippen molar-refractivity contribution in [1.29, 1.82) is 10.5 Å². The second-order valence-corrected chi connectivity index (χ2v) is 4.97. The molecule has 0 saturated heterocycles. The van der Waals surface area contributed by atoms with Gasteiger partial charge in [-0.15, -0.1) is 0 Å². The highest BCUT2D eigenvalue weighted by atomic mass is 16.7. The smallest absolute Gasteiger partial charge is 0.231 e. The molecule has 0 aliphatic carbocycles. The molecular weight excluding hydrogens is 266 g/mol. The standard InChI is InChI=1S/C16H13N3O2/c1-9-12(6-17)16(13(7-18)10(2)19-9)11-3-4-14-15(5-11)21-8-20-14/h3-5,16,19H,8H2,1-2H3. The third-order valence-corrected chi connectivity index (χ3v) is 3.73. The number of allylic oxidation sites excluding steroid dienone is 4. The van der Waals surface area contributed by atoms with Crippen molar-refractivity contribution in [1.82, 2.24) is 5.32 Å². The average Bonchev–Trinajstić information content (AvgIpc) is 2.93. The van der Waals surface area contributed by atoms with Crippen molar-refractivity contribution in [3.8, 4) is 23.6 Å². The molecule has 3 rings (SSSR count). The quantitative estimate of drug-likeness (QED) is 0.855. The van der Waals surface area contributed by atoms with E-state index in [-0.39, 0.29) is 12.7 Å². The summed E-state index contributed by atoms with van der Waals surface area (Å²) >= 11 is 0. The van der Waals surface area contributed by atoms with Crippen LogP contribution < -0.4 is 14.8 Å². The van der Waals surface area contributed by atoms with Gasteiger partial charge in [-0.3, -0.25) is 0 Å². The molecule has 1 N–H and O–H groups in total. The summed E-state index contributed by atoms with van der Waals surface area (Å²) in [7, 11) is 0. The maximum atomic E-state index is 9.45. The van der Waals surface area contributed by atoms with Crippen LogP contribution in [0.5, 0.6) is 11.5 Å². The predicted molar refractivity (Wildman–Crippen MR) is 75.1 cm³/mol. The van der Waals surface area contributed by atoms with Crippen LogP contribution in [0.2, 0.25) is 0 Å². The molecule has 104 valence electrons. The van der Waals surface area contributed by atoms with Gasteiger partial charge in [0.15, 0.2) is 11.5 Å². The zero-order valence-corrected chi connectivity index (χ0v) is 11.7. The molecular formula is C16H13N3O2. The minimum Gasteiger partial charge on any atom is -0.454 e. The van der Waals surface area contributed by atoms with Gasteiger partial charge in [-0.1, -0.05) is 6.07 Å².